The second-order valence-electron chi connectivity index (χ2n) is 7.74. The van der Waals surface area contributed by atoms with Crippen molar-refractivity contribution in [1.82, 2.24) is 20.5 Å². The van der Waals surface area contributed by atoms with Gasteiger partial charge in [-0.25, -0.2) is 4.98 Å². The molecule has 0 unspecified atom stereocenters. The lowest BCUT2D eigenvalue weighted by Gasteiger charge is -2.39. The number of alkyl halides is 3. The summed E-state index contributed by atoms with van der Waals surface area (Å²) in [4.78, 5) is 10.9. The number of pyridine rings is 1. The fourth-order valence-electron chi connectivity index (χ4n) is 3.06. The first-order chi connectivity index (χ1) is 14.2. The van der Waals surface area contributed by atoms with Crippen LogP contribution < -0.4 is 16.0 Å². The number of nitrogens with one attached hydrogen (secondary N) is 3. The van der Waals surface area contributed by atoms with Crippen molar-refractivity contribution in [2.45, 2.75) is 38.9 Å². The average molecular weight is 558 g/mol. The summed E-state index contributed by atoms with van der Waals surface area (Å²) in [6.07, 6.45) is -2.76. The van der Waals surface area contributed by atoms with Crippen molar-refractivity contribution in [1.29, 1.82) is 0 Å². The number of morpholine rings is 1. The molecule has 1 aromatic rings. The first-order valence-electron chi connectivity index (χ1n) is 10.3. The summed E-state index contributed by atoms with van der Waals surface area (Å²) in [5.41, 5.74) is -0.803. The van der Waals surface area contributed by atoms with Gasteiger partial charge in [0.15, 0.2) is 5.96 Å². The van der Waals surface area contributed by atoms with Crippen molar-refractivity contribution < 1.29 is 17.9 Å². The zero-order chi connectivity index (χ0) is 22.0. The molecule has 0 aromatic carbocycles. The highest BCUT2D eigenvalue weighted by atomic mass is 127. The predicted molar refractivity (Wildman–Crippen MR) is 128 cm³/mol. The van der Waals surface area contributed by atoms with Crippen LogP contribution in [0.2, 0.25) is 0 Å². The minimum absolute atomic E-state index is 0. The van der Waals surface area contributed by atoms with Gasteiger partial charge in [0.05, 0.1) is 25.3 Å². The molecule has 0 aliphatic carbocycles. The van der Waals surface area contributed by atoms with E-state index in [1.54, 1.807) is 0 Å². The normalized spacial score (nSPS) is 15.9. The molecule has 1 aliphatic rings. The fourth-order valence-corrected chi connectivity index (χ4v) is 3.06. The van der Waals surface area contributed by atoms with Gasteiger partial charge in [0.1, 0.15) is 5.82 Å². The van der Waals surface area contributed by atoms with Crippen LogP contribution >= 0.6 is 24.0 Å². The Morgan fingerprint density at radius 2 is 1.87 bits per heavy atom. The van der Waals surface area contributed by atoms with E-state index in [-0.39, 0.29) is 29.5 Å². The molecule has 0 amide bonds. The molecule has 1 fully saturated rings. The van der Waals surface area contributed by atoms with Crippen molar-refractivity contribution in [3.8, 4) is 0 Å². The van der Waals surface area contributed by atoms with Crippen LogP contribution in [0.15, 0.2) is 23.3 Å². The number of anilines is 1. The number of hydrogen-bond donors (Lipinski definition) is 3. The molecular weight excluding hydrogens is 524 g/mol. The molecule has 0 saturated carbocycles. The Morgan fingerprint density at radius 3 is 2.45 bits per heavy atom. The smallest absolute Gasteiger partial charge is 0.379 e. The second kappa shape index (κ2) is 13.3. The number of rotatable bonds is 9. The highest BCUT2D eigenvalue weighted by Gasteiger charge is 2.30. The maximum Gasteiger partial charge on any atom is 0.417 e. The van der Waals surface area contributed by atoms with E-state index in [4.69, 9.17) is 9.73 Å². The Morgan fingerprint density at radius 1 is 1.16 bits per heavy atom. The largest absolute Gasteiger partial charge is 0.417 e. The summed E-state index contributed by atoms with van der Waals surface area (Å²) in [6, 6.07) is 2.37. The number of aromatic nitrogens is 1. The van der Waals surface area contributed by atoms with Gasteiger partial charge in [0, 0.05) is 44.5 Å². The number of halogens is 4. The number of ether oxygens (including phenoxy) is 1. The number of guanidine groups is 1. The predicted octanol–water partition coefficient (Wildman–Crippen LogP) is 3.19. The van der Waals surface area contributed by atoms with Gasteiger partial charge in [-0.15, -0.1) is 24.0 Å². The van der Waals surface area contributed by atoms with Gasteiger partial charge in [0.2, 0.25) is 0 Å². The molecule has 0 radical (unpaired) electrons. The Kier molecular flexibility index (Phi) is 11.8. The Balaban J connectivity index is 0.00000480. The fraction of sp³-hybridized carbons (Fsp3) is 0.700. The van der Waals surface area contributed by atoms with Crippen LogP contribution in [-0.4, -0.2) is 73.9 Å². The zero-order valence-electron chi connectivity index (χ0n) is 18.4. The van der Waals surface area contributed by atoms with Crippen LogP contribution in [0, 0.1) is 0 Å². The summed E-state index contributed by atoms with van der Waals surface area (Å²) in [5, 5.41) is 9.57. The SMILES string of the molecule is CCNC(=NCC(C)(C)N1CCOCC1)NCCCNc1ccc(C(F)(F)F)cn1.I. The third-order valence-corrected chi connectivity index (χ3v) is 4.88. The maximum absolute atomic E-state index is 12.6. The Bertz CT molecular complexity index is 664. The molecule has 31 heavy (non-hydrogen) atoms. The number of aliphatic imine (C=N–C) groups is 1. The minimum atomic E-state index is -4.37. The summed E-state index contributed by atoms with van der Waals surface area (Å²) in [5.74, 6) is 1.18. The van der Waals surface area contributed by atoms with Gasteiger partial charge < -0.3 is 20.7 Å². The van der Waals surface area contributed by atoms with Crippen LogP contribution in [0.5, 0.6) is 0 Å². The molecular formula is C20H34F3IN6O. The maximum atomic E-state index is 12.6. The van der Waals surface area contributed by atoms with Gasteiger partial charge in [-0.1, -0.05) is 0 Å². The van der Waals surface area contributed by atoms with E-state index in [0.29, 0.717) is 25.5 Å². The minimum Gasteiger partial charge on any atom is -0.379 e. The molecule has 0 atom stereocenters. The lowest BCUT2D eigenvalue weighted by Crippen LogP contribution is -2.52. The summed E-state index contributed by atoms with van der Waals surface area (Å²) in [6.45, 7) is 12.4. The van der Waals surface area contributed by atoms with E-state index in [1.165, 1.54) is 6.07 Å². The second-order valence-corrected chi connectivity index (χ2v) is 7.74. The van der Waals surface area contributed by atoms with Crippen molar-refractivity contribution in [2.75, 3.05) is 57.8 Å². The molecule has 1 aliphatic heterocycles. The van der Waals surface area contributed by atoms with Gasteiger partial charge in [-0.2, -0.15) is 13.2 Å². The number of nitrogens with zero attached hydrogens (tertiary/aromatic N) is 3. The summed E-state index contributed by atoms with van der Waals surface area (Å²) in [7, 11) is 0. The monoisotopic (exact) mass is 558 g/mol. The highest BCUT2D eigenvalue weighted by molar-refractivity contribution is 14.0. The van der Waals surface area contributed by atoms with Crippen molar-refractivity contribution in [3.05, 3.63) is 23.9 Å². The van der Waals surface area contributed by atoms with E-state index in [1.807, 2.05) is 6.92 Å². The van der Waals surface area contributed by atoms with Crippen LogP contribution in [0.3, 0.4) is 0 Å². The van der Waals surface area contributed by atoms with Crippen molar-refractivity contribution >= 4 is 35.8 Å². The van der Waals surface area contributed by atoms with Crippen molar-refractivity contribution in [2.24, 2.45) is 4.99 Å². The lowest BCUT2D eigenvalue weighted by atomic mass is 10.0. The zero-order valence-corrected chi connectivity index (χ0v) is 20.7. The van der Waals surface area contributed by atoms with E-state index >= 15 is 0 Å². The molecule has 2 rings (SSSR count). The van der Waals surface area contributed by atoms with E-state index in [2.05, 4.69) is 39.7 Å². The Hall–Kier alpha value is -1.34. The molecule has 178 valence electrons. The molecule has 11 heteroatoms. The molecule has 0 spiro atoms. The molecule has 1 aromatic heterocycles. The average Bonchev–Trinajstić information content (AvgIpc) is 2.72. The number of hydrogen-bond acceptors (Lipinski definition) is 5. The standard InChI is InChI=1S/C20H33F3N6O.HI/c1-4-24-18(28-15-19(2,3)29-10-12-30-13-11-29)26-9-5-8-25-17-7-6-16(14-27-17)20(21,22)23;/h6-7,14H,4-5,8-13,15H2,1-3H3,(H,25,27)(H2,24,26,28);1H. The van der Waals surface area contributed by atoms with Crippen LogP contribution in [-0.2, 0) is 10.9 Å². The molecule has 7 nitrogen and oxygen atoms in total. The van der Waals surface area contributed by atoms with Crippen LogP contribution in [0.4, 0.5) is 19.0 Å². The third kappa shape index (κ3) is 9.77. The van der Waals surface area contributed by atoms with Crippen LogP contribution in [0.25, 0.3) is 0 Å². The van der Waals surface area contributed by atoms with E-state index in [0.717, 1.165) is 57.5 Å². The van der Waals surface area contributed by atoms with Gasteiger partial charge in [-0.05, 0) is 39.3 Å². The highest BCUT2D eigenvalue weighted by Crippen LogP contribution is 2.28. The first-order valence-corrected chi connectivity index (χ1v) is 10.3. The van der Waals surface area contributed by atoms with E-state index < -0.39 is 11.7 Å². The quantitative estimate of drug-likeness (QED) is 0.187. The van der Waals surface area contributed by atoms with Gasteiger partial charge >= 0.3 is 6.18 Å². The first kappa shape index (κ1) is 27.7. The van der Waals surface area contributed by atoms with Gasteiger partial charge in [-0.3, -0.25) is 9.89 Å². The topological polar surface area (TPSA) is 73.8 Å². The molecule has 3 N–H and O–H groups in total. The molecule has 1 saturated heterocycles. The lowest BCUT2D eigenvalue weighted by molar-refractivity contribution is -0.137. The molecule has 2 heterocycles. The van der Waals surface area contributed by atoms with Gasteiger partial charge in [0.25, 0.3) is 0 Å². The third-order valence-electron chi connectivity index (χ3n) is 4.88. The van der Waals surface area contributed by atoms with E-state index in [9.17, 15) is 13.2 Å². The molecule has 0 bridgehead atoms. The summed E-state index contributed by atoms with van der Waals surface area (Å²) < 4.78 is 43.1. The summed E-state index contributed by atoms with van der Waals surface area (Å²) >= 11 is 0. The van der Waals surface area contributed by atoms with Crippen molar-refractivity contribution in [3.63, 3.8) is 0 Å². The van der Waals surface area contributed by atoms with Crippen LogP contribution in [0.1, 0.15) is 32.8 Å². The Labute approximate surface area is 199 Å².